The van der Waals surface area contributed by atoms with Gasteiger partial charge in [-0.2, -0.15) is 0 Å². The Labute approximate surface area is 91.8 Å². The molecule has 3 heteroatoms. The van der Waals surface area contributed by atoms with E-state index < -0.39 is 0 Å². The molecule has 0 saturated heterocycles. The molecular weight excluding hydrogens is 277 g/mol. The summed E-state index contributed by atoms with van der Waals surface area (Å²) in [4.78, 5) is 0. The second kappa shape index (κ2) is 3.74. The van der Waals surface area contributed by atoms with E-state index in [9.17, 15) is 0 Å². The van der Waals surface area contributed by atoms with Gasteiger partial charge in [0.2, 0.25) is 0 Å². The highest BCUT2D eigenvalue weighted by molar-refractivity contribution is 14.1. The van der Waals surface area contributed by atoms with Crippen LogP contribution in [0.4, 0.5) is 5.69 Å². The Morgan fingerprint density at radius 1 is 1.46 bits per heavy atom. The van der Waals surface area contributed by atoms with Gasteiger partial charge in [-0.25, -0.2) is 0 Å². The maximum absolute atomic E-state index is 5.68. The zero-order chi connectivity index (χ0) is 9.26. The molecule has 0 unspecified atom stereocenters. The molecule has 1 N–H and O–H groups in total. The number of rotatable bonds is 3. The molecule has 0 aromatic heterocycles. The SMILES string of the molecule is CNc1cc(OC2CC2)ccc1I. The molecule has 0 bridgehead atoms. The van der Waals surface area contributed by atoms with Crippen molar-refractivity contribution in [2.45, 2.75) is 18.9 Å². The van der Waals surface area contributed by atoms with Crippen LogP contribution in [-0.2, 0) is 0 Å². The second-order valence-corrected chi connectivity index (χ2v) is 4.37. The van der Waals surface area contributed by atoms with Gasteiger partial charge in [-0.1, -0.05) is 0 Å². The lowest BCUT2D eigenvalue weighted by atomic mass is 10.3. The van der Waals surface area contributed by atoms with Gasteiger partial charge >= 0.3 is 0 Å². The number of ether oxygens (including phenoxy) is 1. The first-order valence-electron chi connectivity index (χ1n) is 4.43. The smallest absolute Gasteiger partial charge is 0.121 e. The Balaban J connectivity index is 2.16. The average Bonchev–Trinajstić information content (AvgIpc) is 2.92. The van der Waals surface area contributed by atoms with Gasteiger partial charge in [0, 0.05) is 16.7 Å². The maximum atomic E-state index is 5.68. The predicted molar refractivity (Wildman–Crippen MR) is 62.4 cm³/mol. The number of hydrogen-bond donors (Lipinski definition) is 1. The molecule has 1 saturated carbocycles. The first kappa shape index (κ1) is 9.12. The largest absolute Gasteiger partial charge is 0.490 e. The van der Waals surface area contributed by atoms with Gasteiger partial charge in [0.1, 0.15) is 5.75 Å². The lowest BCUT2D eigenvalue weighted by Gasteiger charge is -2.08. The number of anilines is 1. The molecule has 70 valence electrons. The molecule has 0 radical (unpaired) electrons. The number of halogens is 1. The molecular formula is C10H12INO. The zero-order valence-corrected chi connectivity index (χ0v) is 9.67. The Morgan fingerprint density at radius 2 is 2.23 bits per heavy atom. The van der Waals surface area contributed by atoms with Crippen LogP contribution in [0.25, 0.3) is 0 Å². The van der Waals surface area contributed by atoms with Crippen LogP contribution >= 0.6 is 22.6 Å². The molecule has 1 aliphatic rings. The first-order valence-corrected chi connectivity index (χ1v) is 5.51. The summed E-state index contributed by atoms with van der Waals surface area (Å²) in [5.41, 5.74) is 1.14. The highest BCUT2D eigenvalue weighted by atomic mass is 127. The van der Waals surface area contributed by atoms with E-state index in [4.69, 9.17) is 4.74 Å². The van der Waals surface area contributed by atoms with Gasteiger partial charge in [0.15, 0.2) is 0 Å². The van der Waals surface area contributed by atoms with Crippen molar-refractivity contribution < 1.29 is 4.74 Å². The summed E-state index contributed by atoms with van der Waals surface area (Å²) in [7, 11) is 1.93. The van der Waals surface area contributed by atoms with Crippen molar-refractivity contribution in [1.29, 1.82) is 0 Å². The molecule has 0 atom stereocenters. The Bertz CT molecular complexity index is 310. The first-order chi connectivity index (χ1) is 6.29. The fraction of sp³-hybridized carbons (Fsp3) is 0.400. The molecule has 2 rings (SSSR count). The van der Waals surface area contributed by atoms with E-state index in [0.29, 0.717) is 6.10 Å². The minimum atomic E-state index is 0.477. The van der Waals surface area contributed by atoms with Crippen LogP contribution in [0.2, 0.25) is 0 Å². The summed E-state index contributed by atoms with van der Waals surface area (Å²) < 4.78 is 6.90. The summed E-state index contributed by atoms with van der Waals surface area (Å²) in [5, 5.41) is 3.14. The van der Waals surface area contributed by atoms with Crippen molar-refractivity contribution in [3.05, 3.63) is 21.8 Å². The summed E-state index contributed by atoms with van der Waals surface area (Å²) in [6, 6.07) is 6.16. The Hall–Kier alpha value is -0.450. The molecule has 0 spiro atoms. The van der Waals surface area contributed by atoms with Crippen LogP contribution in [0.1, 0.15) is 12.8 Å². The van der Waals surface area contributed by atoms with E-state index in [1.165, 1.54) is 16.4 Å². The third-order valence-corrected chi connectivity index (χ3v) is 2.97. The number of nitrogens with one attached hydrogen (secondary N) is 1. The minimum Gasteiger partial charge on any atom is -0.490 e. The van der Waals surface area contributed by atoms with Crippen molar-refractivity contribution in [2.24, 2.45) is 0 Å². The Morgan fingerprint density at radius 3 is 2.85 bits per heavy atom. The van der Waals surface area contributed by atoms with Crippen molar-refractivity contribution in [3.63, 3.8) is 0 Å². The molecule has 1 aliphatic carbocycles. The fourth-order valence-corrected chi connectivity index (χ4v) is 1.75. The lowest BCUT2D eigenvalue weighted by molar-refractivity contribution is 0.303. The predicted octanol–water partition coefficient (Wildman–Crippen LogP) is 2.87. The summed E-state index contributed by atoms with van der Waals surface area (Å²) in [6.07, 6.45) is 2.90. The molecule has 0 aliphatic heterocycles. The van der Waals surface area contributed by atoms with Crippen LogP contribution in [0.15, 0.2) is 18.2 Å². The van der Waals surface area contributed by atoms with Crippen molar-refractivity contribution in [1.82, 2.24) is 0 Å². The highest BCUT2D eigenvalue weighted by Crippen LogP contribution is 2.29. The van der Waals surface area contributed by atoms with E-state index in [2.05, 4.69) is 40.0 Å². The minimum absolute atomic E-state index is 0.477. The monoisotopic (exact) mass is 289 g/mol. The standard InChI is InChI=1S/C10H12INO/c1-12-10-6-8(4-5-9(10)11)13-7-2-3-7/h4-7,12H,2-3H2,1H3. The van der Waals surface area contributed by atoms with Gasteiger partial charge in [-0.3, -0.25) is 0 Å². The van der Waals surface area contributed by atoms with Crippen LogP contribution in [0.5, 0.6) is 5.75 Å². The highest BCUT2D eigenvalue weighted by Gasteiger charge is 2.23. The molecule has 1 aromatic rings. The van der Waals surface area contributed by atoms with Crippen molar-refractivity contribution >= 4 is 28.3 Å². The Kier molecular flexibility index (Phi) is 2.62. The molecule has 13 heavy (non-hydrogen) atoms. The molecule has 1 aromatic carbocycles. The van der Waals surface area contributed by atoms with Crippen LogP contribution in [-0.4, -0.2) is 13.2 Å². The normalized spacial score (nSPS) is 15.5. The van der Waals surface area contributed by atoms with Crippen molar-refractivity contribution in [2.75, 3.05) is 12.4 Å². The summed E-state index contributed by atoms with van der Waals surface area (Å²) in [6.45, 7) is 0. The number of benzene rings is 1. The lowest BCUT2D eigenvalue weighted by Crippen LogP contribution is -1.98. The maximum Gasteiger partial charge on any atom is 0.121 e. The van der Waals surface area contributed by atoms with Gasteiger partial charge in [0.25, 0.3) is 0 Å². The van der Waals surface area contributed by atoms with E-state index >= 15 is 0 Å². The van der Waals surface area contributed by atoms with E-state index in [-0.39, 0.29) is 0 Å². The average molecular weight is 289 g/mol. The van der Waals surface area contributed by atoms with Gasteiger partial charge < -0.3 is 10.1 Å². The number of hydrogen-bond acceptors (Lipinski definition) is 2. The van der Waals surface area contributed by atoms with Gasteiger partial charge in [-0.15, -0.1) is 0 Å². The van der Waals surface area contributed by atoms with Gasteiger partial charge in [0.05, 0.1) is 11.8 Å². The summed E-state index contributed by atoms with van der Waals surface area (Å²) >= 11 is 2.31. The van der Waals surface area contributed by atoms with Gasteiger partial charge in [-0.05, 0) is 47.6 Å². The molecule has 0 heterocycles. The second-order valence-electron chi connectivity index (χ2n) is 3.21. The van der Waals surface area contributed by atoms with E-state index in [1.807, 2.05) is 13.1 Å². The van der Waals surface area contributed by atoms with Crippen LogP contribution in [0.3, 0.4) is 0 Å². The summed E-state index contributed by atoms with van der Waals surface area (Å²) in [5.74, 6) is 0.979. The topological polar surface area (TPSA) is 21.3 Å². The van der Waals surface area contributed by atoms with Crippen molar-refractivity contribution in [3.8, 4) is 5.75 Å². The van der Waals surface area contributed by atoms with E-state index in [0.717, 1.165) is 11.4 Å². The van der Waals surface area contributed by atoms with E-state index in [1.54, 1.807) is 0 Å². The third kappa shape index (κ3) is 2.27. The van der Waals surface area contributed by atoms with Crippen LogP contribution in [0, 0.1) is 3.57 Å². The van der Waals surface area contributed by atoms with Crippen LogP contribution < -0.4 is 10.1 Å². The zero-order valence-electron chi connectivity index (χ0n) is 7.51. The quantitative estimate of drug-likeness (QED) is 0.864. The molecule has 0 amide bonds. The molecule has 1 fully saturated rings. The fourth-order valence-electron chi connectivity index (χ4n) is 1.15. The molecule has 2 nitrogen and oxygen atoms in total. The third-order valence-electron chi connectivity index (χ3n) is 2.03.